The first-order valence-electron chi connectivity index (χ1n) is 5.99. The number of rotatable bonds is 7. The highest BCUT2D eigenvalue weighted by atomic mass is 19.3. The first-order valence-corrected chi connectivity index (χ1v) is 5.99. The van der Waals surface area contributed by atoms with Crippen molar-refractivity contribution in [1.82, 2.24) is 0 Å². The van der Waals surface area contributed by atoms with Crippen LogP contribution in [0.1, 0.15) is 12.5 Å². The van der Waals surface area contributed by atoms with Crippen LogP contribution in [0.5, 0.6) is 5.75 Å². The molecule has 0 amide bonds. The molecule has 1 atom stereocenters. The maximum absolute atomic E-state index is 12.3. The first-order chi connectivity index (χ1) is 9.85. The smallest absolute Gasteiger partial charge is 0.387 e. The topological polar surface area (TPSA) is 105 Å². The summed E-state index contributed by atoms with van der Waals surface area (Å²) in [7, 11) is 0. The van der Waals surface area contributed by atoms with Gasteiger partial charge in [0.25, 0.3) is 5.69 Å². The van der Waals surface area contributed by atoms with Crippen molar-refractivity contribution in [2.45, 2.75) is 26.0 Å². The van der Waals surface area contributed by atoms with Crippen LogP contribution in [0, 0.1) is 10.1 Å². The van der Waals surface area contributed by atoms with Gasteiger partial charge in [-0.1, -0.05) is 0 Å². The maximum Gasteiger partial charge on any atom is 0.387 e. The molecule has 1 unspecified atom stereocenters. The van der Waals surface area contributed by atoms with E-state index in [0.29, 0.717) is 0 Å². The van der Waals surface area contributed by atoms with Crippen molar-refractivity contribution in [1.29, 1.82) is 0 Å². The van der Waals surface area contributed by atoms with Crippen molar-refractivity contribution >= 4 is 11.7 Å². The predicted molar refractivity (Wildman–Crippen MR) is 68.0 cm³/mol. The van der Waals surface area contributed by atoms with Crippen LogP contribution in [0.2, 0.25) is 0 Å². The summed E-state index contributed by atoms with van der Waals surface area (Å²) in [6.07, 6.45) is -0.220. The number of non-ortho nitro benzene ring substituents is 1. The lowest BCUT2D eigenvalue weighted by molar-refractivity contribution is -0.385. The van der Waals surface area contributed by atoms with Gasteiger partial charge >= 0.3 is 12.6 Å². The van der Waals surface area contributed by atoms with Gasteiger partial charge < -0.3 is 15.2 Å². The van der Waals surface area contributed by atoms with E-state index in [1.165, 1.54) is 0 Å². The van der Waals surface area contributed by atoms with Crippen molar-refractivity contribution in [2.75, 3.05) is 6.61 Å². The summed E-state index contributed by atoms with van der Waals surface area (Å²) < 4.78 is 33.5. The fraction of sp³-hybridized carbons (Fsp3) is 0.417. The van der Waals surface area contributed by atoms with Crippen LogP contribution in [0.4, 0.5) is 14.5 Å². The third-order valence-corrected chi connectivity index (χ3v) is 2.50. The van der Waals surface area contributed by atoms with Crippen LogP contribution < -0.4 is 10.5 Å². The fourth-order valence-corrected chi connectivity index (χ4v) is 1.62. The molecule has 1 rings (SSSR count). The highest BCUT2D eigenvalue weighted by Crippen LogP contribution is 2.26. The number of benzene rings is 1. The largest absolute Gasteiger partial charge is 0.465 e. The van der Waals surface area contributed by atoms with Crippen molar-refractivity contribution in [3.8, 4) is 5.75 Å². The van der Waals surface area contributed by atoms with E-state index in [-0.39, 0.29) is 30.0 Å². The second-order valence-corrected chi connectivity index (χ2v) is 3.99. The molecule has 0 spiro atoms. The van der Waals surface area contributed by atoms with E-state index < -0.39 is 23.5 Å². The number of nitrogens with two attached hydrogens (primary N) is 1. The van der Waals surface area contributed by atoms with Gasteiger partial charge in [0.05, 0.1) is 11.5 Å². The molecular formula is C12H14F2N2O5. The molecule has 0 fully saturated rings. The SMILES string of the molecule is CCOC(=O)C(N)Cc1cc([N+](=O)[O-])ccc1OC(F)F. The van der Waals surface area contributed by atoms with Gasteiger partial charge in [-0.2, -0.15) is 8.78 Å². The molecule has 21 heavy (non-hydrogen) atoms. The summed E-state index contributed by atoms with van der Waals surface area (Å²) in [6.45, 7) is -1.39. The average molecular weight is 304 g/mol. The van der Waals surface area contributed by atoms with E-state index >= 15 is 0 Å². The Hall–Kier alpha value is -2.29. The third-order valence-electron chi connectivity index (χ3n) is 2.50. The average Bonchev–Trinajstić information content (AvgIpc) is 2.40. The van der Waals surface area contributed by atoms with E-state index in [1.807, 2.05) is 0 Å². The van der Waals surface area contributed by atoms with E-state index in [1.54, 1.807) is 6.92 Å². The van der Waals surface area contributed by atoms with Gasteiger partial charge in [0, 0.05) is 24.1 Å². The molecule has 0 bridgehead atoms. The Morgan fingerprint density at radius 1 is 1.48 bits per heavy atom. The second kappa shape index (κ2) is 7.48. The van der Waals surface area contributed by atoms with Gasteiger partial charge in [-0.25, -0.2) is 0 Å². The second-order valence-electron chi connectivity index (χ2n) is 3.99. The molecule has 0 saturated heterocycles. The lowest BCUT2D eigenvalue weighted by atomic mass is 10.0. The Labute approximate surface area is 118 Å². The molecule has 0 aromatic heterocycles. The molecule has 9 heteroatoms. The predicted octanol–water partition coefficient (Wildman–Crippen LogP) is 1.63. The van der Waals surface area contributed by atoms with Crippen LogP contribution in [0.15, 0.2) is 18.2 Å². The van der Waals surface area contributed by atoms with Crippen LogP contribution in [-0.4, -0.2) is 30.2 Å². The molecule has 0 aliphatic rings. The summed E-state index contributed by atoms with van der Waals surface area (Å²) in [5.41, 5.74) is 5.29. The summed E-state index contributed by atoms with van der Waals surface area (Å²) in [4.78, 5) is 21.4. The summed E-state index contributed by atoms with van der Waals surface area (Å²) in [5, 5.41) is 10.7. The number of hydrogen-bond acceptors (Lipinski definition) is 6. The van der Waals surface area contributed by atoms with E-state index in [2.05, 4.69) is 9.47 Å². The number of nitro groups is 1. The standard InChI is InChI=1S/C12H14F2N2O5/c1-2-20-11(17)9(15)6-7-5-8(16(18)19)3-4-10(7)21-12(13)14/h3-5,9,12H,2,6,15H2,1H3. The van der Waals surface area contributed by atoms with Gasteiger partial charge in [0.2, 0.25) is 0 Å². The summed E-state index contributed by atoms with van der Waals surface area (Å²) >= 11 is 0. The van der Waals surface area contributed by atoms with E-state index in [4.69, 9.17) is 5.73 Å². The van der Waals surface area contributed by atoms with Gasteiger partial charge in [0.1, 0.15) is 11.8 Å². The Morgan fingerprint density at radius 2 is 2.14 bits per heavy atom. The lowest BCUT2D eigenvalue weighted by Crippen LogP contribution is -2.34. The van der Waals surface area contributed by atoms with Crippen molar-refractivity contribution < 1.29 is 28.0 Å². The highest BCUT2D eigenvalue weighted by Gasteiger charge is 2.21. The Bertz CT molecular complexity index is 524. The molecule has 116 valence electrons. The van der Waals surface area contributed by atoms with Gasteiger partial charge in [-0.05, 0) is 13.0 Å². The van der Waals surface area contributed by atoms with E-state index in [0.717, 1.165) is 18.2 Å². The number of carbonyl (C=O) groups is 1. The molecule has 0 heterocycles. The number of halogens is 2. The number of nitro benzene ring substituents is 1. The fourth-order valence-electron chi connectivity index (χ4n) is 1.62. The van der Waals surface area contributed by atoms with Crippen molar-refractivity contribution in [2.24, 2.45) is 5.73 Å². The number of carbonyl (C=O) groups excluding carboxylic acids is 1. The summed E-state index contributed by atoms with van der Waals surface area (Å²) in [6, 6.07) is 1.97. The number of nitrogens with zero attached hydrogens (tertiary/aromatic N) is 1. The zero-order valence-electron chi connectivity index (χ0n) is 11.1. The number of ether oxygens (including phenoxy) is 2. The lowest BCUT2D eigenvalue weighted by Gasteiger charge is -2.14. The van der Waals surface area contributed by atoms with Gasteiger partial charge in [0.15, 0.2) is 0 Å². The molecule has 7 nitrogen and oxygen atoms in total. The number of esters is 1. The Morgan fingerprint density at radius 3 is 2.67 bits per heavy atom. The maximum atomic E-state index is 12.3. The molecular weight excluding hydrogens is 290 g/mol. The zero-order valence-corrected chi connectivity index (χ0v) is 11.1. The van der Waals surface area contributed by atoms with Crippen LogP contribution >= 0.6 is 0 Å². The normalized spacial score (nSPS) is 12.0. The van der Waals surface area contributed by atoms with Crippen LogP contribution in [0.3, 0.4) is 0 Å². The third kappa shape index (κ3) is 4.95. The molecule has 2 N–H and O–H groups in total. The minimum Gasteiger partial charge on any atom is -0.465 e. The molecule has 0 aliphatic heterocycles. The quantitative estimate of drug-likeness (QED) is 0.466. The van der Waals surface area contributed by atoms with Gasteiger partial charge in [-0.3, -0.25) is 14.9 Å². The molecule has 0 saturated carbocycles. The van der Waals surface area contributed by atoms with Crippen LogP contribution in [0.25, 0.3) is 0 Å². The monoisotopic (exact) mass is 304 g/mol. The van der Waals surface area contributed by atoms with Crippen molar-refractivity contribution in [3.63, 3.8) is 0 Å². The Balaban J connectivity index is 3.02. The summed E-state index contributed by atoms with van der Waals surface area (Å²) in [5.74, 6) is -0.998. The minimum atomic E-state index is -3.09. The number of alkyl halides is 2. The zero-order chi connectivity index (χ0) is 16.0. The van der Waals surface area contributed by atoms with Crippen LogP contribution in [-0.2, 0) is 16.0 Å². The number of hydrogen-bond donors (Lipinski definition) is 1. The first kappa shape index (κ1) is 16.8. The molecule has 1 aromatic carbocycles. The highest BCUT2D eigenvalue weighted by molar-refractivity contribution is 5.76. The van der Waals surface area contributed by atoms with E-state index in [9.17, 15) is 23.7 Å². The molecule has 1 aromatic rings. The molecule has 0 radical (unpaired) electrons. The van der Waals surface area contributed by atoms with Crippen molar-refractivity contribution in [3.05, 3.63) is 33.9 Å². The van der Waals surface area contributed by atoms with Gasteiger partial charge in [-0.15, -0.1) is 0 Å². The molecule has 0 aliphatic carbocycles. The Kier molecular flexibility index (Phi) is 5.97. The minimum absolute atomic E-state index is 0.0325.